The summed E-state index contributed by atoms with van der Waals surface area (Å²) in [6, 6.07) is 0. The van der Waals surface area contributed by atoms with Crippen molar-refractivity contribution in [1.82, 2.24) is 9.80 Å². The lowest BCUT2D eigenvalue weighted by atomic mass is 9.84. The van der Waals surface area contributed by atoms with Gasteiger partial charge < -0.3 is 10.6 Å². The van der Waals surface area contributed by atoms with Crippen molar-refractivity contribution in [3.05, 3.63) is 0 Å². The first-order valence-corrected chi connectivity index (χ1v) is 8.23. The molecule has 0 aromatic heterocycles. The van der Waals surface area contributed by atoms with Gasteiger partial charge >= 0.3 is 0 Å². The van der Waals surface area contributed by atoms with E-state index in [4.69, 9.17) is 5.73 Å². The minimum atomic E-state index is 0.198. The molecule has 3 nitrogen and oxygen atoms in total. The Morgan fingerprint density at radius 2 is 1.80 bits per heavy atom. The second-order valence-electron chi connectivity index (χ2n) is 8.40. The fourth-order valence-corrected chi connectivity index (χ4v) is 4.18. The molecule has 1 aliphatic carbocycles. The fourth-order valence-electron chi connectivity index (χ4n) is 4.18. The van der Waals surface area contributed by atoms with Gasteiger partial charge in [0.05, 0.1) is 0 Å². The highest BCUT2D eigenvalue weighted by molar-refractivity contribution is 5.06. The Bertz CT molecular complexity index is 299. The van der Waals surface area contributed by atoms with Gasteiger partial charge in [-0.1, -0.05) is 34.6 Å². The molecule has 0 radical (unpaired) electrons. The van der Waals surface area contributed by atoms with Crippen LogP contribution in [-0.4, -0.2) is 55.6 Å². The fraction of sp³-hybridized carbons (Fsp3) is 1.00. The van der Waals surface area contributed by atoms with E-state index in [1.165, 1.54) is 12.8 Å². The summed E-state index contributed by atoms with van der Waals surface area (Å²) in [7, 11) is 4.31. The van der Waals surface area contributed by atoms with Gasteiger partial charge in [-0.15, -0.1) is 0 Å². The summed E-state index contributed by atoms with van der Waals surface area (Å²) in [5.41, 5.74) is 6.93. The number of rotatable bonds is 7. The highest BCUT2D eigenvalue weighted by atomic mass is 15.2. The van der Waals surface area contributed by atoms with Crippen LogP contribution in [0.5, 0.6) is 0 Å². The molecule has 0 aromatic carbocycles. The molecule has 1 fully saturated rings. The van der Waals surface area contributed by atoms with Crippen LogP contribution in [0.25, 0.3) is 0 Å². The Hall–Kier alpha value is -0.120. The summed E-state index contributed by atoms with van der Waals surface area (Å²) in [6.45, 7) is 16.0. The number of nitrogens with two attached hydrogens (primary N) is 1. The molecule has 120 valence electrons. The van der Waals surface area contributed by atoms with Crippen molar-refractivity contribution in [2.24, 2.45) is 23.0 Å². The Balaban J connectivity index is 2.94. The Kier molecular flexibility index (Phi) is 6.06. The van der Waals surface area contributed by atoms with E-state index in [0.717, 1.165) is 26.2 Å². The summed E-state index contributed by atoms with van der Waals surface area (Å²) < 4.78 is 0. The summed E-state index contributed by atoms with van der Waals surface area (Å²) in [5, 5.41) is 0. The second-order valence-corrected chi connectivity index (χ2v) is 8.40. The molecule has 0 aliphatic heterocycles. The van der Waals surface area contributed by atoms with E-state index in [2.05, 4.69) is 58.5 Å². The lowest BCUT2D eigenvalue weighted by molar-refractivity contribution is 0.0424. The maximum atomic E-state index is 6.31. The average Bonchev–Trinajstić information content (AvgIpc) is 2.54. The van der Waals surface area contributed by atoms with Gasteiger partial charge in [0.15, 0.2) is 0 Å². The van der Waals surface area contributed by atoms with E-state index in [9.17, 15) is 0 Å². The number of hydrogen-bond acceptors (Lipinski definition) is 3. The van der Waals surface area contributed by atoms with E-state index in [-0.39, 0.29) is 5.54 Å². The normalized spacial score (nSPS) is 29.9. The van der Waals surface area contributed by atoms with Gasteiger partial charge in [0, 0.05) is 31.7 Å². The first-order valence-electron chi connectivity index (χ1n) is 8.23. The van der Waals surface area contributed by atoms with E-state index >= 15 is 0 Å². The lowest BCUT2D eigenvalue weighted by Crippen LogP contribution is -2.58. The highest BCUT2D eigenvalue weighted by Crippen LogP contribution is 2.50. The van der Waals surface area contributed by atoms with Crippen LogP contribution in [-0.2, 0) is 0 Å². The maximum Gasteiger partial charge on any atom is 0.0363 e. The van der Waals surface area contributed by atoms with Crippen molar-refractivity contribution in [1.29, 1.82) is 0 Å². The van der Waals surface area contributed by atoms with Crippen LogP contribution >= 0.6 is 0 Å². The molecule has 1 saturated carbocycles. The summed E-state index contributed by atoms with van der Waals surface area (Å²) in [6.07, 6.45) is 2.53. The molecule has 2 unspecified atom stereocenters. The molecular weight excluding hydrogens is 246 g/mol. The minimum Gasteiger partial charge on any atom is -0.329 e. The van der Waals surface area contributed by atoms with Crippen LogP contribution in [0.3, 0.4) is 0 Å². The van der Waals surface area contributed by atoms with Crippen LogP contribution in [0.1, 0.15) is 47.5 Å². The molecule has 2 atom stereocenters. The number of likely N-dealkylation sites (N-methyl/N-ethyl adjacent to an activating group) is 1. The molecule has 0 amide bonds. The maximum absolute atomic E-state index is 6.31. The van der Waals surface area contributed by atoms with Crippen molar-refractivity contribution < 1.29 is 0 Å². The van der Waals surface area contributed by atoms with Crippen LogP contribution in [0.15, 0.2) is 0 Å². The molecule has 0 aromatic rings. The molecule has 0 bridgehead atoms. The Morgan fingerprint density at radius 3 is 2.15 bits per heavy atom. The van der Waals surface area contributed by atoms with E-state index in [1.54, 1.807) is 0 Å². The van der Waals surface area contributed by atoms with Gasteiger partial charge in [-0.3, -0.25) is 4.90 Å². The first-order chi connectivity index (χ1) is 9.13. The van der Waals surface area contributed by atoms with Crippen LogP contribution in [0, 0.1) is 17.3 Å². The van der Waals surface area contributed by atoms with Crippen molar-refractivity contribution >= 4 is 0 Å². The molecule has 0 spiro atoms. The average molecular weight is 284 g/mol. The minimum absolute atomic E-state index is 0.198. The zero-order chi connectivity index (χ0) is 15.6. The van der Waals surface area contributed by atoms with Crippen LogP contribution < -0.4 is 5.73 Å². The third-order valence-corrected chi connectivity index (χ3v) is 4.95. The quantitative estimate of drug-likeness (QED) is 0.779. The van der Waals surface area contributed by atoms with Gasteiger partial charge in [-0.25, -0.2) is 0 Å². The zero-order valence-corrected chi connectivity index (χ0v) is 14.9. The van der Waals surface area contributed by atoms with Crippen molar-refractivity contribution in [3.8, 4) is 0 Å². The molecule has 20 heavy (non-hydrogen) atoms. The van der Waals surface area contributed by atoms with Gasteiger partial charge in [-0.05, 0) is 44.2 Å². The first kappa shape index (κ1) is 17.9. The highest BCUT2D eigenvalue weighted by Gasteiger charge is 2.50. The molecule has 0 heterocycles. The van der Waals surface area contributed by atoms with E-state index in [0.29, 0.717) is 17.3 Å². The second kappa shape index (κ2) is 6.76. The zero-order valence-electron chi connectivity index (χ0n) is 14.9. The van der Waals surface area contributed by atoms with Crippen molar-refractivity contribution in [2.45, 2.75) is 53.0 Å². The third-order valence-electron chi connectivity index (χ3n) is 4.95. The van der Waals surface area contributed by atoms with Crippen LogP contribution in [0.2, 0.25) is 0 Å². The van der Waals surface area contributed by atoms with Gasteiger partial charge in [0.2, 0.25) is 0 Å². The Labute approximate surface area is 126 Å². The van der Waals surface area contributed by atoms with Gasteiger partial charge in [0.1, 0.15) is 0 Å². The summed E-state index contributed by atoms with van der Waals surface area (Å²) in [5.74, 6) is 1.37. The predicted molar refractivity (Wildman–Crippen MR) is 88.9 cm³/mol. The number of nitrogens with zero attached hydrogens (tertiary/aromatic N) is 2. The lowest BCUT2D eigenvalue weighted by Gasteiger charge is -2.46. The smallest absolute Gasteiger partial charge is 0.0363 e. The summed E-state index contributed by atoms with van der Waals surface area (Å²) >= 11 is 0. The van der Waals surface area contributed by atoms with Crippen molar-refractivity contribution in [3.63, 3.8) is 0 Å². The topological polar surface area (TPSA) is 32.5 Å². The van der Waals surface area contributed by atoms with E-state index in [1.807, 2.05) is 0 Å². The Morgan fingerprint density at radius 1 is 1.20 bits per heavy atom. The van der Waals surface area contributed by atoms with Gasteiger partial charge in [-0.2, -0.15) is 0 Å². The monoisotopic (exact) mass is 283 g/mol. The van der Waals surface area contributed by atoms with Crippen molar-refractivity contribution in [2.75, 3.05) is 40.3 Å². The van der Waals surface area contributed by atoms with Gasteiger partial charge in [0.25, 0.3) is 0 Å². The largest absolute Gasteiger partial charge is 0.329 e. The standard InChI is InChI=1S/C17H37N3/c1-14(2)11-20(9-8-19(6)7)17(13-18)12-16(4,5)10-15(17)3/h14-15H,8-13,18H2,1-7H3. The number of hydrogen-bond donors (Lipinski definition) is 1. The SMILES string of the molecule is CC(C)CN(CCN(C)C)C1(CN)CC(C)(C)CC1C. The molecular formula is C17H37N3. The predicted octanol–water partition coefficient (Wildman–Crippen LogP) is 2.66. The molecule has 1 aliphatic rings. The molecule has 0 saturated heterocycles. The summed E-state index contributed by atoms with van der Waals surface area (Å²) in [4.78, 5) is 4.99. The molecule has 2 N–H and O–H groups in total. The molecule has 1 rings (SSSR count). The van der Waals surface area contributed by atoms with Crippen LogP contribution in [0.4, 0.5) is 0 Å². The molecule has 3 heteroatoms. The van der Waals surface area contributed by atoms with E-state index < -0.39 is 0 Å². The third kappa shape index (κ3) is 4.19.